The Labute approximate surface area is 114 Å². The second kappa shape index (κ2) is 6.87. The number of halogens is 1. The van der Waals surface area contributed by atoms with Crippen molar-refractivity contribution < 1.29 is 9.13 Å². The molecule has 1 aromatic carbocycles. The van der Waals surface area contributed by atoms with Crippen LogP contribution < -0.4 is 10.1 Å². The van der Waals surface area contributed by atoms with Crippen LogP contribution in [0.1, 0.15) is 25.5 Å². The molecular weight excluding hydrogens is 243 g/mol. The van der Waals surface area contributed by atoms with E-state index in [2.05, 4.69) is 10.2 Å². The molecule has 106 valence electrons. The van der Waals surface area contributed by atoms with Crippen LogP contribution in [0.5, 0.6) is 5.75 Å². The van der Waals surface area contributed by atoms with Gasteiger partial charge < -0.3 is 10.1 Å². The molecule has 0 amide bonds. The minimum atomic E-state index is -0.377. The smallest absolute Gasteiger partial charge is 0.124 e. The van der Waals surface area contributed by atoms with Crippen LogP contribution in [-0.2, 0) is 0 Å². The zero-order chi connectivity index (χ0) is 13.7. The van der Waals surface area contributed by atoms with Crippen LogP contribution in [0.3, 0.4) is 0 Å². The Kier molecular flexibility index (Phi) is 5.16. The molecule has 1 aromatic rings. The van der Waals surface area contributed by atoms with Crippen LogP contribution in [-0.4, -0.2) is 43.9 Å². The van der Waals surface area contributed by atoms with E-state index in [-0.39, 0.29) is 18.8 Å². The van der Waals surface area contributed by atoms with Crippen LogP contribution in [0.2, 0.25) is 0 Å². The standard InChI is InChI=1S/C15H23FN2O/c1-12(2)19-15-6-4-3-5-13(15)14(11-16)18-9-7-17-8-10-18/h3-6,12,14,17H,7-11H2,1-2H3/t14-/m0/s1. The third-order valence-electron chi connectivity index (χ3n) is 3.38. The predicted octanol–water partition coefficient (Wildman–Crippen LogP) is 2.39. The topological polar surface area (TPSA) is 24.5 Å². The first-order valence-corrected chi connectivity index (χ1v) is 6.98. The van der Waals surface area contributed by atoms with Gasteiger partial charge in [0.25, 0.3) is 0 Å². The van der Waals surface area contributed by atoms with E-state index >= 15 is 0 Å². The Bertz CT molecular complexity index is 391. The van der Waals surface area contributed by atoms with Crippen LogP contribution in [0.25, 0.3) is 0 Å². The first-order chi connectivity index (χ1) is 9.22. The fraction of sp³-hybridized carbons (Fsp3) is 0.600. The van der Waals surface area contributed by atoms with E-state index < -0.39 is 0 Å². The van der Waals surface area contributed by atoms with Crippen molar-refractivity contribution in [3.8, 4) is 5.75 Å². The number of hydrogen-bond acceptors (Lipinski definition) is 3. The monoisotopic (exact) mass is 266 g/mol. The van der Waals surface area contributed by atoms with Crippen molar-refractivity contribution in [3.63, 3.8) is 0 Å². The highest BCUT2D eigenvalue weighted by molar-refractivity contribution is 5.36. The molecule has 4 heteroatoms. The van der Waals surface area contributed by atoms with E-state index in [9.17, 15) is 4.39 Å². The van der Waals surface area contributed by atoms with Gasteiger partial charge in [0.05, 0.1) is 12.1 Å². The highest BCUT2D eigenvalue weighted by Crippen LogP contribution is 2.30. The highest BCUT2D eigenvalue weighted by atomic mass is 19.1. The minimum Gasteiger partial charge on any atom is -0.491 e. The molecule has 1 atom stereocenters. The lowest BCUT2D eigenvalue weighted by Crippen LogP contribution is -2.45. The number of nitrogens with zero attached hydrogens (tertiary/aromatic N) is 1. The summed E-state index contributed by atoms with van der Waals surface area (Å²) in [6, 6.07) is 7.60. The molecule has 0 radical (unpaired) electrons. The molecule has 0 aromatic heterocycles. The van der Waals surface area contributed by atoms with E-state index in [0.717, 1.165) is 37.5 Å². The molecule has 1 heterocycles. The summed E-state index contributed by atoms with van der Waals surface area (Å²) in [4.78, 5) is 2.19. The van der Waals surface area contributed by atoms with Gasteiger partial charge in [-0.25, -0.2) is 4.39 Å². The van der Waals surface area contributed by atoms with Crippen molar-refractivity contribution in [2.75, 3.05) is 32.9 Å². The van der Waals surface area contributed by atoms with E-state index in [1.54, 1.807) is 0 Å². The van der Waals surface area contributed by atoms with Gasteiger partial charge >= 0.3 is 0 Å². The van der Waals surface area contributed by atoms with Crippen molar-refractivity contribution in [2.24, 2.45) is 0 Å². The SMILES string of the molecule is CC(C)Oc1ccccc1[C@H](CF)N1CCNCC1. The van der Waals surface area contributed by atoms with Crippen LogP contribution >= 0.6 is 0 Å². The molecule has 1 fully saturated rings. The van der Waals surface area contributed by atoms with Crippen molar-refractivity contribution in [2.45, 2.75) is 26.0 Å². The van der Waals surface area contributed by atoms with Crippen LogP contribution in [0.15, 0.2) is 24.3 Å². The van der Waals surface area contributed by atoms with Crippen molar-refractivity contribution in [1.82, 2.24) is 10.2 Å². The number of ether oxygens (including phenoxy) is 1. The van der Waals surface area contributed by atoms with Crippen LogP contribution in [0, 0.1) is 0 Å². The molecule has 0 spiro atoms. The first-order valence-electron chi connectivity index (χ1n) is 6.98. The van der Waals surface area contributed by atoms with Crippen molar-refractivity contribution >= 4 is 0 Å². The van der Waals surface area contributed by atoms with Crippen molar-refractivity contribution in [1.29, 1.82) is 0 Å². The number of nitrogens with one attached hydrogen (secondary N) is 1. The van der Waals surface area contributed by atoms with Crippen LogP contribution in [0.4, 0.5) is 4.39 Å². The maximum atomic E-state index is 13.5. The Hall–Kier alpha value is -1.13. The number of rotatable bonds is 5. The zero-order valence-electron chi connectivity index (χ0n) is 11.7. The summed E-state index contributed by atoms with van der Waals surface area (Å²) in [6.07, 6.45) is 0.101. The summed E-state index contributed by atoms with van der Waals surface area (Å²) >= 11 is 0. The summed E-state index contributed by atoms with van der Waals surface area (Å²) < 4.78 is 19.3. The highest BCUT2D eigenvalue weighted by Gasteiger charge is 2.24. The summed E-state index contributed by atoms with van der Waals surface area (Å²) in [6.45, 7) is 7.21. The molecule has 0 unspecified atom stereocenters. The fourth-order valence-corrected chi connectivity index (χ4v) is 2.49. The van der Waals surface area contributed by atoms with Gasteiger partial charge in [-0.1, -0.05) is 18.2 Å². The van der Waals surface area contributed by atoms with Gasteiger partial charge in [-0.05, 0) is 19.9 Å². The number of alkyl halides is 1. The van der Waals surface area contributed by atoms with Gasteiger partial charge in [0.1, 0.15) is 12.4 Å². The fourth-order valence-electron chi connectivity index (χ4n) is 2.49. The molecule has 1 N–H and O–H groups in total. The normalized spacial score (nSPS) is 18.5. The lowest BCUT2D eigenvalue weighted by molar-refractivity contribution is 0.141. The maximum Gasteiger partial charge on any atom is 0.124 e. The summed E-state index contributed by atoms with van der Waals surface area (Å²) in [7, 11) is 0. The summed E-state index contributed by atoms with van der Waals surface area (Å²) in [5, 5.41) is 3.30. The van der Waals surface area contributed by atoms with E-state index in [0.29, 0.717) is 0 Å². The number of hydrogen-bond donors (Lipinski definition) is 1. The molecule has 3 nitrogen and oxygen atoms in total. The molecule has 2 rings (SSSR count). The quantitative estimate of drug-likeness (QED) is 0.885. The van der Waals surface area contributed by atoms with Gasteiger partial charge in [0.15, 0.2) is 0 Å². The Morgan fingerprint density at radius 3 is 2.58 bits per heavy atom. The van der Waals surface area contributed by atoms with E-state index in [1.165, 1.54) is 0 Å². The van der Waals surface area contributed by atoms with Gasteiger partial charge in [0, 0.05) is 31.7 Å². The maximum absolute atomic E-state index is 13.5. The molecule has 0 aliphatic carbocycles. The molecular formula is C15H23FN2O. The van der Waals surface area contributed by atoms with E-state index in [1.807, 2.05) is 38.1 Å². The lowest BCUT2D eigenvalue weighted by atomic mass is 10.0. The third-order valence-corrected chi connectivity index (χ3v) is 3.38. The molecule has 19 heavy (non-hydrogen) atoms. The van der Waals surface area contributed by atoms with Gasteiger partial charge in [-0.3, -0.25) is 4.90 Å². The molecule has 1 saturated heterocycles. The molecule has 0 bridgehead atoms. The Balaban J connectivity index is 2.21. The van der Waals surface area contributed by atoms with Crippen molar-refractivity contribution in [3.05, 3.63) is 29.8 Å². The minimum absolute atomic E-state index is 0.101. The second-order valence-corrected chi connectivity index (χ2v) is 5.16. The first kappa shape index (κ1) is 14.3. The summed E-state index contributed by atoms with van der Waals surface area (Å²) in [5.41, 5.74) is 0.959. The third kappa shape index (κ3) is 3.67. The molecule has 1 aliphatic rings. The number of para-hydroxylation sites is 1. The predicted molar refractivity (Wildman–Crippen MR) is 75.4 cm³/mol. The second-order valence-electron chi connectivity index (χ2n) is 5.16. The van der Waals surface area contributed by atoms with Gasteiger partial charge in [0.2, 0.25) is 0 Å². The lowest BCUT2D eigenvalue weighted by Gasteiger charge is -2.34. The molecule has 1 aliphatic heterocycles. The Morgan fingerprint density at radius 1 is 1.26 bits per heavy atom. The molecule has 0 saturated carbocycles. The van der Waals surface area contributed by atoms with Gasteiger partial charge in [-0.15, -0.1) is 0 Å². The van der Waals surface area contributed by atoms with E-state index in [4.69, 9.17) is 4.74 Å². The Morgan fingerprint density at radius 2 is 1.95 bits per heavy atom. The number of benzene rings is 1. The largest absolute Gasteiger partial charge is 0.491 e. The number of piperazine rings is 1. The van der Waals surface area contributed by atoms with Gasteiger partial charge in [-0.2, -0.15) is 0 Å². The zero-order valence-corrected chi connectivity index (χ0v) is 11.7. The summed E-state index contributed by atoms with van der Waals surface area (Å²) in [5.74, 6) is 0.804. The average Bonchev–Trinajstić information content (AvgIpc) is 2.42. The average molecular weight is 266 g/mol.